The number of carbonyl (C=O) groups excluding carboxylic acids is 1. The van der Waals surface area contributed by atoms with Gasteiger partial charge in [-0.3, -0.25) is 9.78 Å². The molecular weight excluding hydrogens is 276 g/mol. The van der Waals surface area contributed by atoms with E-state index in [4.69, 9.17) is 5.73 Å². The molecule has 0 aliphatic heterocycles. The Bertz CT molecular complexity index is 736. The maximum atomic E-state index is 12.3. The van der Waals surface area contributed by atoms with Crippen molar-refractivity contribution in [2.24, 2.45) is 5.73 Å². The van der Waals surface area contributed by atoms with Crippen molar-refractivity contribution < 1.29 is 13.2 Å². The first-order valence-corrected chi connectivity index (χ1v) is 8.25. The van der Waals surface area contributed by atoms with Crippen LogP contribution in [-0.2, 0) is 9.84 Å². The number of pyridine rings is 1. The van der Waals surface area contributed by atoms with Crippen molar-refractivity contribution in [3.8, 4) is 0 Å². The molecule has 0 bridgehead atoms. The summed E-state index contributed by atoms with van der Waals surface area (Å²) in [7, 11) is -3.13. The number of ketones is 1. The van der Waals surface area contributed by atoms with Crippen molar-refractivity contribution in [1.29, 1.82) is 0 Å². The van der Waals surface area contributed by atoms with Crippen LogP contribution in [0.5, 0.6) is 0 Å². The molecule has 0 amide bonds. The van der Waals surface area contributed by atoms with Crippen LogP contribution in [0.25, 0.3) is 10.8 Å². The Hall–Kier alpha value is -1.79. The van der Waals surface area contributed by atoms with E-state index < -0.39 is 15.9 Å². The Kier molecular flexibility index (Phi) is 4.15. The van der Waals surface area contributed by atoms with Gasteiger partial charge in [0.05, 0.1) is 11.8 Å². The molecule has 5 nitrogen and oxygen atoms in total. The zero-order chi connectivity index (χ0) is 14.8. The first kappa shape index (κ1) is 14.6. The van der Waals surface area contributed by atoms with Crippen LogP contribution in [0.1, 0.15) is 16.8 Å². The summed E-state index contributed by atoms with van der Waals surface area (Å²) in [6.45, 7) is 0. The molecule has 0 spiro atoms. The zero-order valence-electron chi connectivity index (χ0n) is 11.1. The zero-order valence-corrected chi connectivity index (χ0v) is 11.9. The first-order chi connectivity index (χ1) is 9.38. The Morgan fingerprint density at radius 2 is 2.00 bits per heavy atom. The monoisotopic (exact) mass is 292 g/mol. The summed E-state index contributed by atoms with van der Waals surface area (Å²) in [5, 5.41) is 1.64. The minimum Gasteiger partial charge on any atom is -0.321 e. The van der Waals surface area contributed by atoms with Gasteiger partial charge in [0.1, 0.15) is 9.84 Å². The number of aromatic nitrogens is 1. The second-order valence-corrected chi connectivity index (χ2v) is 7.06. The molecule has 1 aromatic carbocycles. The lowest BCUT2D eigenvalue weighted by Crippen LogP contribution is -2.32. The molecule has 106 valence electrons. The standard InChI is InChI=1S/C14H16N2O3S/c1-20(18,19)7-6-13(15)14(17)12-9-16-8-10-4-2-3-5-11(10)12/h2-5,8-9,13H,6-7,15H2,1H3. The number of Topliss-reactive ketones (excluding diaryl/α,β-unsaturated/α-hetero) is 1. The fourth-order valence-electron chi connectivity index (χ4n) is 1.98. The highest BCUT2D eigenvalue weighted by Crippen LogP contribution is 2.18. The Morgan fingerprint density at radius 3 is 2.70 bits per heavy atom. The number of nitrogens with zero attached hydrogens (tertiary/aromatic N) is 1. The molecule has 1 aromatic heterocycles. The molecule has 0 fully saturated rings. The van der Waals surface area contributed by atoms with Crippen molar-refractivity contribution >= 4 is 26.4 Å². The van der Waals surface area contributed by atoms with E-state index in [-0.39, 0.29) is 18.0 Å². The van der Waals surface area contributed by atoms with Gasteiger partial charge in [0.2, 0.25) is 0 Å². The van der Waals surface area contributed by atoms with E-state index in [0.717, 1.165) is 17.0 Å². The van der Waals surface area contributed by atoms with E-state index in [1.807, 2.05) is 24.3 Å². The largest absolute Gasteiger partial charge is 0.321 e. The SMILES string of the molecule is CS(=O)(=O)CCC(N)C(=O)c1cncc2ccccc12. The van der Waals surface area contributed by atoms with Gasteiger partial charge in [-0.05, 0) is 11.8 Å². The normalized spacial score (nSPS) is 13.3. The minimum atomic E-state index is -3.13. The van der Waals surface area contributed by atoms with Crippen LogP contribution in [0.15, 0.2) is 36.7 Å². The molecule has 6 heteroatoms. The summed E-state index contributed by atoms with van der Waals surface area (Å²) in [6, 6.07) is 6.55. The third-order valence-electron chi connectivity index (χ3n) is 3.07. The summed E-state index contributed by atoms with van der Waals surface area (Å²) in [4.78, 5) is 16.3. The van der Waals surface area contributed by atoms with E-state index in [9.17, 15) is 13.2 Å². The topological polar surface area (TPSA) is 90.1 Å². The molecule has 0 saturated heterocycles. The van der Waals surface area contributed by atoms with Crippen molar-refractivity contribution in [1.82, 2.24) is 4.98 Å². The maximum Gasteiger partial charge on any atom is 0.181 e. The van der Waals surface area contributed by atoms with Crippen LogP contribution in [-0.4, -0.2) is 37.2 Å². The van der Waals surface area contributed by atoms with Gasteiger partial charge in [0, 0.05) is 29.6 Å². The number of hydrogen-bond donors (Lipinski definition) is 1. The highest BCUT2D eigenvalue weighted by molar-refractivity contribution is 7.90. The third kappa shape index (κ3) is 3.40. The molecule has 0 aliphatic carbocycles. The number of nitrogens with two attached hydrogens (primary N) is 1. The third-order valence-corrected chi connectivity index (χ3v) is 4.05. The molecule has 1 heterocycles. The van der Waals surface area contributed by atoms with Crippen molar-refractivity contribution in [2.45, 2.75) is 12.5 Å². The van der Waals surface area contributed by atoms with E-state index in [2.05, 4.69) is 4.98 Å². The van der Waals surface area contributed by atoms with Crippen LogP contribution in [0.3, 0.4) is 0 Å². The van der Waals surface area contributed by atoms with Crippen LogP contribution < -0.4 is 5.73 Å². The fraction of sp³-hybridized carbons (Fsp3) is 0.286. The highest BCUT2D eigenvalue weighted by Gasteiger charge is 2.19. The number of sulfone groups is 1. The van der Waals surface area contributed by atoms with Gasteiger partial charge in [-0.1, -0.05) is 24.3 Å². The van der Waals surface area contributed by atoms with Gasteiger partial charge in [0.25, 0.3) is 0 Å². The number of carbonyl (C=O) groups is 1. The second-order valence-electron chi connectivity index (χ2n) is 4.80. The molecule has 0 aliphatic rings. The minimum absolute atomic E-state index is 0.0991. The number of rotatable bonds is 5. The van der Waals surface area contributed by atoms with Crippen LogP contribution in [0, 0.1) is 0 Å². The van der Waals surface area contributed by atoms with Gasteiger partial charge in [0.15, 0.2) is 5.78 Å². The smallest absolute Gasteiger partial charge is 0.181 e. The summed E-state index contributed by atoms with van der Waals surface area (Å²) in [6.07, 6.45) is 4.39. The lowest BCUT2D eigenvalue weighted by atomic mass is 9.99. The predicted octanol–water partition coefficient (Wildman–Crippen LogP) is 1.18. The van der Waals surface area contributed by atoms with E-state index in [1.54, 1.807) is 6.20 Å². The molecule has 2 rings (SSSR count). The highest BCUT2D eigenvalue weighted by atomic mass is 32.2. The van der Waals surface area contributed by atoms with Gasteiger partial charge < -0.3 is 5.73 Å². The van der Waals surface area contributed by atoms with E-state index in [0.29, 0.717) is 5.56 Å². The lowest BCUT2D eigenvalue weighted by molar-refractivity contribution is 0.0961. The molecule has 2 N–H and O–H groups in total. The molecule has 0 saturated carbocycles. The quantitative estimate of drug-likeness (QED) is 0.836. The fourth-order valence-corrected chi connectivity index (χ4v) is 2.67. The second kappa shape index (κ2) is 5.68. The van der Waals surface area contributed by atoms with Crippen LogP contribution in [0.2, 0.25) is 0 Å². The van der Waals surface area contributed by atoms with Crippen LogP contribution in [0.4, 0.5) is 0 Å². The van der Waals surface area contributed by atoms with Gasteiger partial charge >= 0.3 is 0 Å². The van der Waals surface area contributed by atoms with Crippen LogP contribution >= 0.6 is 0 Å². The molecule has 1 atom stereocenters. The summed E-state index contributed by atoms with van der Waals surface area (Å²) >= 11 is 0. The average molecular weight is 292 g/mol. The number of benzene rings is 1. The number of hydrogen-bond acceptors (Lipinski definition) is 5. The van der Waals surface area contributed by atoms with Gasteiger partial charge in [-0.25, -0.2) is 8.42 Å². The van der Waals surface area contributed by atoms with Gasteiger partial charge in [-0.15, -0.1) is 0 Å². The molecule has 2 aromatic rings. The molecule has 1 unspecified atom stereocenters. The van der Waals surface area contributed by atoms with Crippen molar-refractivity contribution in [3.05, 3.63) is 42.2 Å². The maximum absolute atomic E-state index is 12.3. The first-order valence-electron chi connectivity index (χ1n) is 6.19. The summed E-state index contributed by atoms with van der Waals surface area (Å²) in [5.74, 6) is -0.379. The predicted molar refractivity (Wildman–Crippen MR) is 78.4 cm³/mol. The Balaban J connectivity index is 2.27. The average Bonchev–Trinajstić information content (AvgIpc) is 2.42. The summed E-state index contributed by atoms with van der Waals surface area (Å²) < 4.78 is 22.3. The Labute approximate surface area is 117 Å². The van der Waals surface area contributed by atoms with E-state index in [1.165, 1.54) is 6.20 Å². The van der Waals surface area contributed by atoms with Crippen molar-refractivity contribution in [3.63, 3.8) is 0 Å². The van der Waals surface area contributed by atoms with Crippen molar-refractivity contribution in [2.75, 3.05) is 12.0 Å². The van der Waals surface area contributed by atoms with Gasteiger partial charge in [-0.2, -0.15) is 0 Å². The molecule has 20 heavy (non-hydrogen) atoms. The summed E-state index contributed by atoms with van der Waals surface area (Å²) in [5.41, 5.74) is 6.24. The Morgan fingerprint density at radius 1 is 1.30 bits per heavy atom. The lowest BCUT2D eigenvalue weighted by Gasteiger charge is -2.11. The number of fused-ring (bicyclic) bond motifs is 1. The van der Waals surface area contributed by atoms with E-state index >= 15 is 0 Å². The molecular formula is C14H16N2O3S. The molecule has 0 radical (unpaired) electrons.